The van der Waals surface area contributed by atoms with E-state index in [1.165, 1.54) is 16.7 Å². The molecule has 0 bridgehead atoms. The standard InChI is InChI=1S/C35H42FNO2/c1-6-8-11-30-24-37(7-2)34-29(16-19-32(36)33(30)34)15-12-28-13-17-31(18-14-28)38-20-9-10-21-39-35-26(4)22-25(3)23-27(35)5/h12-19,22-24H,6-11,20-21H2,1-5H3/b15-12+. The third-order valence-electron chi connectivity index (χ3n) is 7.21. The summed E-state index contributed by atoms with van der Waals surface area (Å²) in [6.45, 7) is 12.8. The zero-order valence-electron chi connectivity index (χ0n) is 24.1. The Balaban J connectivity index is 1.31. The van der Waals surface area contributed by atoms with Crippen molar-refractivity contribution in [2.24, 2.45) is 0 Å². The molecule has 4 heteroatoms. The third kappa shape index (κ3) is 7.11. The molecule has 3 nitrogen and oxygen atoms in total. The van der Waals surface area contributed by atoms with Crippen molar-refractivity contribution in [2.45, 2.75) is 73.3 Å². The van der Waals surface area contributed by atoms with Gasteiger partial charge in [-0.3, -0.25) is 0 Å². The lowest BCUT2D eigenvalue weighted by molar-refractivity contribution is 0.265. The summed E-state index contributed by atoms with van der Waals surface area (Å²) < 4.78 is 29.0. The first kappa shape index (κ1) is 28.5. The minimum absolute atomic E-state index is 0.131. The Bertz CT molecular complexity index is 1390. The van der Waals surface area contributed by atoms with Crippen LogP contribution in [0.2, 0.25) is 0 Å². The van der Waals surface area contributed by atoms with E-state index < -0.39 is 0 Å². The number of fused-ring (bicyclic) bond motifs is 1. The quantitative estimate of drug-likeness (QED) is 0.128. The van der Waals surface area contributed by atoms with Crippen molar-refractivity contribution in [3.63, 3.8) is 0 Å². The summed E-state index contributed by atoms with van der Waals surface area (Å²) in [5.41, 5.74) is 7.86. The van der Waals surface area contributed by atoms with Crippen LogP contribution in [0.4, 0.5) is 4.39 Å². The maximum atomic E-state index is 14.8. The highest BCUT2D eigenvalue weighted by molar-refractivity contribution is 5.93. The van der Waals surface area contributed by atoms with E-state index in [0.717, 1.165) is 77.7 Å². The van der Waals surface area contributed by atoms with E-state index in [9.17, 15) is 4.39 Å². The minimum atomic E-state index is -0.131. The van der Waals surface area contributed by atoms with Crippen LogP contribution in [-0.2, 0) is 13.0 Å². The van der Waals surface area contributed by atoms with Gasteiger partial charge in [0.05, 0.1) is 18.7 Å². The highest BCUT2D eigenvalue weighted by Gasteiger charge is 2.14. The smallest absolute Gasteiger partial charge is 0.132 e. The Hall–Kier alpha value is -3.53. The SMILES string of the molecule is CCCCc1cn(CC)c2c(/C=C/c3ccc(OCCCCOc4c(C)cc(C)cc4C)cc3)ccc(F)c12. The van der Waals surface area contributed by atoms with Crippen LogP contribution in [0.1, 0.15) is 72.9 Å². The first-order chi connectivity index (χ1) is 18.9. The number of nitrogens with zero attached hydrogens (tertiary/aromatic N) is 1. The Labute approximate surface area is 233 Å². The van der Waals surface area contributed by atoms with Crippen LogP contribution in [0.15, 0.2) is 54.7 Å². The number of hydrogen-bond donors (Lipinski definition) is 0. The van der Waals surface area contributed by atoms with Crippen molar-refractivity contribution < 1.29 is 13.9 Å². The van der Waals surface area contributed by atoms with Crippen molar-refractivity contribution in [1.82, 2.24) is 4.57 Å². The van der Waals surface area contributed by atoms with Crippen LogP contribution in [0.5, 0.6) is 11.5 Å². The first-order valence-electron chi connectivity index (χ1n) is 14.3. The lowest BCUT2D eigenvalue weighted by Gasteiger charge is -2.13. The maximum absolute atomic E-state index is 14.8. The molecule has 0 aliphatic rings. The first-order valence-corrected chi connectivity index (χ1v) is 14.3. The van der Waals surface area contributed by atoms with Crippen LogP contribution in [0, 0.1) is 26.6 Å². The van der Waals surface area contributed by atoms with Crippen molar-refractivity contribution in [3.8, 4) is 11.5 Å². The molecule has 4 rings (SSSR count). The summed E-state index contributed by atoms with van der Waals surface area (Å²) in [6.07, 6.45) is 11.3. The van der Waals surface area contributed by atoms with E-state index in [-0.39, 0.29) is 5.82 Å². The van der Waals surface area contributed by atoms with Gasteiger partial charge in [0, 0.05) is 18.1 Å². The van der Waals surface area contributed by atoms with E-state index in [4.69, 9.17) is 9.47 Å². The summed E-state index contributed by atoms with van der Waals surface area (Å²) in [4.78, 5) is 0. The lowest BCUT2D eigenvalue weighted by atomic mass is 10.0. The van der Waals surface area contributed by atoms with Crippen LogP contribution >= 0.6 is 0 Å². The van der Waals surface area contributed by atoms with E-state index in [2.05, 4.69) is 81.8 Å². The number of aromatic nitrogens is 1. The normalized spacial score (nSPS) is 11.5. The Kier molecular flexibility index (Phi) is 9.86. The number of halogens is 1. The van der Waals surface area contributed by atoms with Gasteiger partial charge in [0.15, 0.2) is 0 Å². The predicted octanol–water partition coefficient (Wildman–Crippen LogP) is 9.48. The fourth-order valence-corrected chi connectivity index (χ4v) is 5.28. The molecule has 0 fully saturated rings. The second kappa shape index (κ2) is 13.5. The molecule has 0 spiro atoms. The maximum Gasteiger partial charge on any atom is 0.132 e. The van der Waals surface area contributed by atoms with Gasteiger partial charge in [-0.25, -0.2) is 4.39 Å². The number of benzene rings is 3. The molecule has 206 valence electrons. The Morgan fingerprint density at radius 3 is 2.18 bits per heavy atom. The van der Waals surface area contributed by atoms with Crippen molar-refractivity contribution in [3.05, 3.63) is 93.9 Å². The molecule has 1 aromatic heterocycles. The van der Waals surface area contributed by atoms with Gasteiger partial charge in [-0.2, -0.15) is 0 Å². The summed E-state index contributed by atoms with van der Waals surface area (Å²) in [7, 11) is 0. The molecule has 0 saturated heterocycles. The molecule has 0 radical (unpaired) electrons. The number of rotatable bonds is 13. The number of unbranched alkanes of at least 4 members (excludes halogenated alkanes) is 2. The highest BCUT2D eigenvalue weighted by Crippen LogP contribution is 2.30. The van der Waals surface area contributed by atoms with Crippen LogP contribution in [0.25, 0.3) is 23.1 Å². The summed E-state index contributed by atoms with van der Waals surface area (Å²) in [5, 5.41) is 0.769. The molecule has 3 aromatic carbocycles. The second-order valence-corrected chi connectivity index (χ2v) is 10.4. The molecule has 0 aliphatic heterocycles. The summed E-state index contributed by atoms with van der Waals surface area (Å²) in [6, 6.07) is 15.9. The molecule has 0 aliphatic carbocycles. The van der Waals surface area contributed by atoms with Gasteiger partial charge >= 0.3 is 0 Å². The average molecular weight is 528 g/mol. The predicted molar refractivity (Wildman–Crippen MR) is 162 cm³/mol. The molecule has 4 aromatic rings. The fourth-order valence-electron chi connectivity index (χ4n) is 5.28. The van der Waals surface area contributed by atoms with Gasteiger partial charge in [0.2, 0.25) is 0 Å². The van der Waals surface area contributed by atoms with Gasteiger partial charge in [-0.05, 0) is 105 Å². The summed E-state index contributed by atoms with van der Waals surface area (Å²) in [5.74, 6) is 1.74. The lowest BCUT2D eigenvalue weighted by Crippen LogP contribution is -2.04. The van der Waals surface area contributed by atoms with E-state index in [0.29, 0.717) is 13.2 Å². The van der Waals surface area contributed by atoms with Gasteiger partial charge in [-0.1, -0.05) is 55.3 Å². The molecule has 0 atom stereocenters. The van der Waals surface area contributed by atoms with Crippen molar-refractivity contribution >= 4 is 23.1 Å². The Morgan fingerprint density at radius 2 is 1.51 bits per heavy atom. The van der Waals surface area contributed by atoms with E-state index in [1.807, 2.05) is 18.2 Å². The fraction of sp³-hybridized carbons (Fsp3) is 0.371. The average Bonchev–Trinajstić information content (AvgIpc) is 3.30. The number of aryl methyl sites for hydroxylation is 5. The molecule has 0 saturated carbocycles. The van der Waals surface area contributed by atoms with Crippen LogP contribution in [0.3, 0.4) is 0 Å². The van der Waals surface area contributed by atoms with E-state index >= 15 is 0 Å². The topological polar surface area (TPSA) is 23.4 Å². The van der Waals surface area contributed by atoms with Crippen LogP contribution < -0.4 is 9.47 Å². The number of hydrogen-bond acceptors (Lipinski definition) is 2. The minimum Gasteiger partial charge on any atom is -0.494 e. The van der Waals surface area contributed by atoms with Crippen molar-refractivity contribution in [1.29, 1.82) is 0 Å². The second-order valence-electron chi connectivity index (χ2n) is 10.4. The van der Waals surface area contributed by atoms with Crippen molar-refractivity contribution in [2.75, 3.05) is 13.2 Å². The zero-order valence-corrected chi connectivity index (χ0v) is 24.1. The monoisotopic (exact) mass is 527 g/mol. The largest absolute Gasteiger partial charge is 0.494 e. The summed E-state index contributed by atoms with van der Waals surface area (Å²) >= 11 is 0. The number of ether oxygens (including phenoxy) is 2. The van der Waals surface area contributed by atoms with Gasteiger partial charge in [0.1, 0.15) is 17.3 Å². The molecular weight excluding hydrogens is 485 g/mol. The molecular formula is C35H42FNO2. The third-order valence-corrected chi connectivity index (χ3v) is 7.21. The molecule has 1 heterocycles. The molecule has 0 unspecified atom stereocenters. The van der Waals surface area contributed by atoms with Gasteiger partial charge in [0.25, 0.3) is 0 Å². The van der Waals surface area contributed by atoms with Gasteiger partial charge in [-0.15, -0.1) is 0 Å². The zero-order chi connectivity index (χ0) is 27.8. The molecule has 0 N–H and O–H groups in total. The van der Waals surface area contributed by atoms with Gasteiger partial charge < -0.3 is 14.0 Å². The van der Waals surface area contributed by atoms with Crippen LogP contribution in [-0.4, -0.2) is 17.8 Å². The molecule has 0 amide bonds. The Morgan fingerprint density at radius 1 is 0.821 bits per heavy atom. The van der Waals surface area contributed by atoms with E-state index in [1.54, 1.807) is 6.07 Å². The highest BCUT2D eigenvalue weighted by atomic mass is 19.1. The molecule has 39 heavy (non-hydrogen) atoms.